The molecule has 0 radical (unpaired) electrons. The van der Waals surface area contributed by atoms with Crippen LogP contribution in [0, 0.1) is 11.8 Å². The zero-order chi connectivity index (χ0) is 12.1. The van der Waals surface area contributed by atoms with Crippen LogP contribution in [0.2, 0.25) is 0 Å². The van der Waals surface area contributed by atoms with Crippen LogP contribution in [0.4, 0.5) is 0 Å². The number of aromatic nitrogens is 2. The van der Waals surface area contributed by atoms with Gasteiger partial charge in [0.1, 0.15) is 0 Å². The summed E-state index contributed by atoms with van der Waals surface area (Å²) >= 11 is 0. The normalized spacial score (nSPS) is 25.4. The summed E-state index contributed by atoms with van der Waals surface area (Å²) in [5.41, 5.74) is 0. The molecule has 1 saturated carbocycles. The highest BCUT2D eigenvalue weighted by Gasteiger charge is 2.26. The summed E-state index contributed by atoms with van der Waals surface area (Å²) in [4.78, 5) is 0. The molecule has 1 fully saturated rings. The van der Waals surface area contributed by atoms with Crippen LogP contribution in [0.25, 0.3) is 0 Å². The van der Waals surface area contributed by atoms with Gasteiger partial charge in [0, 0.05) is 25.0 Å². The predicted molar refractivity (Wildman–Crippen MR) is 70.8 cm³/mol. The Morgan fingerprint density at radius 3 is 2.88 bits per heavy atom. The molecule has 3 nitrogen and oxygen atoms in total. The third kappa shape index (κ3) is 3.56. The first kappa shape index (κ1) is 12.6. The molecule has 2 unspecified atom stereocenters. The van der Waals surface area contributed by atoms with E-state index >= 15 is 0 Å². The van der Waals surface area contributed by atoms with E-state index in [9.17, 15) is 0 Å². The minimum atomic E-state index is 0.722. The van der Waals surface area contributed by atoms with Gasteiger partial charge in [-0.15, -0.1) is 0 Å². The van der Waals surface area contributed by atoms with Crippen LogP contribution in [0.5, 0.6) is 0 Å². The van der Waals surface area contributed by atoms with Crippen LogP contribution in [0.15, 0.2) is 18.5 Å². The Morgan fingerprint density at radius 2 is 2.18 bits per heavy atom. The lowest BCUT2D eigenvalue weighted by molar-refractivity contribution is 0.204. The van der Waals surface area contributed by atoms with Gasteiger partial charge in [-0.1, -0.05) is 26.7 Å². The minimum absolute atomic E-state index is 0.722. The van der Waals surface area contributed by atoms with E-state index in [0.717, 1.165) is 31.0 Å². The first-order chi connectivity index (χ1) is 8.27. The smallest absolute Gasteiger partial charge is 0.0534 e. The maximum absolute atomic E-state index is 4.23. The van der Waals surface area contributed by atoms with Crippen molar-refractivity contribution in [3.05, 3.63) is 18.5 Å². The van der Waals surface area contributed by atoms with Gasteiger partial charge in [-0.05, 0) is 30.7 Å². The van der Waals surface area contributed by atoms with E-state index in [1.54, 1.807) is 0 Å². The molecule has 1 aliphatic rings. The number of hydrogen-bond donors (Lipinski definition) is 1. The van der Waals surface area contributed by atoms with Crippen LogP contribution in [-0.4, -0.2) is 22.4 Å². The summed E-state index contributed by atoms with van der Waals surface area (Å²) in [6.07, 6.45) is 9.43. The molecule has 0 aromatic carbocycles. The molecular weight excluding hydrogens is 210 g/mol. The highest BCUT2D eigenvalue weighted by atomic mass is 15.3. The molecule has 1 aromatic rings. The number of nitrogens with one attached hydrogen (secondary N) is 1. The topological polar surface area (TPSA) is 29.9 Å². The highest BCUT2D eigenvalue weighted by molar-refractivity contribution is 4.83. The molecule has 0 saturated heterocycles. The van der Waals surface area contributed by atoms with Crippen molar-refractivity contribution in [2.45, 2.75) is 52.1 Å². The van der Waals surface area contributed by atoms with Gasteiger partial charge in [0.05, 0.1) is 6.54 Å². The maximum atomic E-state index is 4.23. The Labute approximate surface area is 105 Å². The molecule has 2 atom stereocenters. The van der Waals surface area contributed by atoms with E-state index in [2.05, 4.69) is 24.3 Å². The summed E-state index contributed by atoms with van der Waals surface area (Å²) in [5, 5.41) is 7.96. The zero-order valence-corrected chi connectivity index (χ0v) is 11.1. The fourth-order valence-electron chi connectivity index (χ4n) is 3.01. The van der Waals surface area contributed by atoms with Gasteiger partial charge in [0.2, 0.25) is 0 Å². The highest BCUT2D eigenvalue weighted by Crippen LogP contribution is 2.29. The second kappa shape index (κ2) is 6.20. The van der Waals surface area contributed by atoms with Crippen LogP contribution < -0.4 is 5.32 Å². The summed E-state index contributed by atoms with van der Waals surface area (Å²) in [6, 6.07) is 2.71. The van der Waals surface area contributed by atoms with Crippen LogP contribution in [0.3, 0.4) is 0 Å². The van der Waals surface area contributed by atoms with E-state index in [1.165, 1.54) is 25.7 Å². The molecule has 3 heteroatoms. The van der Waals surface area contributed by atoms with Crippen LogP contribution >= 0.6 is 0 Å². The van der Waals surface area contributed by atoms with Crippen molar-refractivity contribution in [1.29, 1.82) is 0 Å². The van der Waals surface area contributed by atoms with E-state index in [1.807, 2.05) is 23.1 Å². The van der Waals surface area contributed by atoms with Gasteiger partial charge in [-0.25, -0.2) is 0 Å². The van der Waals surface area contributed by atoms with Crippen molar-refractivity contribution in [3.63, 3.8) is 0 Å². The number of nitrogens with zero attached hydrogens (tertiary/aromatic N) is 2. The van der Waals surface area contributed by atoms with E-state index in [0.29, 0.717) is 0 Å². The molecule has 2 rings (SSSR count). The molecule has 1 aromatic heterocycles. The Bertz CT molecular complexity index is 305. The molecule has 0 spiro atoms. The lowest BCUT2D eigenvalue weighted by Crippen LogP contribution is -2.42. The van der Waals surface area contributed by atoms with Gasteiger partial charge >= 0.3 is 0 Å². The van der Waals surface area contributed by atoms with Crippen LogP contribution in [-0.2, 0) is 6.54 Å². The van der Waals surface area contributed by atoms with Gasteiger partial charge < -0.3 is 5.32 Å². The van der Waals surface area contributed by atoms with E-state index in [4.69, 9.17) is 0 Å². The van der Waals surface area contributed by atoms with E-state index in [-0.39, 0.29) is 0 Å². The van der Waals surface area contributed by atoms with Crippen molar-refractivity contribution in [1.82, 2.24) is 15.1 Å². The maximum Gasteiger partial charge on any atom is 0.0534 e. The average Bonchev–Trinajstić information content (AvgIpc) is 2.82. The lowest BCUT2D eigenvalue weighted by atomic mass is 9.78. The van der Waals surface area contributed by atoms with Gasteiger partial charge in [-0.3, -0.25) is 4.68 Å². The minimum Gasteiger partial charge on any atom is -0.312 e. The first-order valence-electron chi connectivity index (χ1n) is 6.98. The second-order valence-corrected chi connectivity index (χ2v) is 5.52. The molecule has 96 valence electrons. The number of hydrogen-bond acceptors (Lipinski definition) is 2. The van der Waals surface area contributed by atoms with Crippen molar-refractivity contribution < 1.29 is 0 Å². The third-order valence-corrected chi connectivity index (χ3v) is 3.98. The zero-order valence-electron chi connectivity index (χ0n) is 11.1. The van der Waals surface area contributed by atoms with Crippen LogP contribution in [0.1, 0.15) is 39.5 Å². The lowest BCUT2D eigenvalue weighted by Gasteiger charge is -2.35. The SMILES string of the molecule is CC(C)C1CCCCC1NCCn1cccn1. The quantitative estimate of drug-likeness (QED) is 0.850. The van der Waals surface area contributed by atoms with Crippen molar-refractivity contribution in [3.8, 4) is 0 Å². The Balaban J connectivity index is 1.76. The fraction of sp³-hybridized carbons (Fsp3) is 0.786. The van der Waals surface area contributed by atoms with Crippen molar-refractivity contribution in [2.75, 3.05) is 6.54 Å². The first-order valence-corrected chi connectivity index (χ1v) is 6.98. The molecule has 17 heavy (non-hydrogen) atoms. The summed E-state index contributed by atoms with van der Waals surface area (Å²) in [6.45, 7) is 6.74. The molecule has 0 bridgehead atoms. The van der Waals surface area contributed by atoms with E-state index < -0.39 is 0 Å². The Morgan fingerprint density at radius 1 is 1.35 bits per heavy atom. The largest absolute Gasteiger partial charge is 0.312 e. The third-order valence-electron chi connectivity index (χ3n) is 3.98. The summed E-state index contributed by atoms with van der Waals surface area (Å²) in [5.74, 6) is 1.67. The molecule has 0 aliphatic heterocycles. The molecule has 1 N–H and O–H groups in total. The summed E-state index contributed by atoms with van der Waals surface area (Å²) < 4.78 is 2.00. The monoisotopic (exact) mass is 235 g/mol. The second-order valence-electron chi connectivity index (χ2n) is 5.52. The van der Waals surface area contributed by atoms with Gasteiger partial charge in [0.25, 0.3) is 0 Å². The van der Waals surface area contributed by atoms with Crippen molar-refractivity contribution in [2.24, 2.45) is 11.8 Å². The number of rotatable bonds is 5. The molecule has 1 aliphatic carbocycles. The van der Waals surface area contributed by atoms with Crippen molar-refractivity contribution >= 4 is 0 Å². The molecule has 0 amide bonds. The predicted octanol–water partition coefficient (Wildman–Crippen LogP) is 2.69. The Kier molecular flexibility index (Phi) is 4.60. The standard InChI is InChI=1S/C14H25N3/c1-12(2)13-6-3-4-7-14(13)15-9-11-17-10-5-8-16-17/h5,8,10,12-15H,3-4,6-7,9,11H2,1-2H3. The average molecular weight is 235 g/mol. The Hall–Kier alpha value is -0.830. The van der Waals surface area contributed by atoms with Gasteiger partial charge in [-0.2, -0.15) is 5.10 Å². The fourth-order valence-corrected chi connectivity index (χ4v) is 3.01. The summed E-state index contributed by atoms with van der Waals surface area (Å²) in [7, 11) is 0. The van der Waals surface area contributed by atoms with Gasteiger partial charge in [0.15, 0.2) is 0 Å². The molecule has 1 heterocycles. The molecular formula is C14H25N3.